The van der Waals surface area contributed by atoms with Crippen molar-refractivity contribution in [2.24, 2.45) is 4.99 Å². The standard InChI is InChI=1S/C17H18N4OS/c1-4-20-12(2)16(13(3)22)23-17(20)19-14-6-8-15(9-7-14)21-11-5-10-18-21/h5-11H,4H2,1-3H3/b19-17-. The summed E-state index contributed by atoms with van der Waals surface area (Å²) < 4.78 is 3.88. The van der Waals surface area contributed by atoms with Gasteiger partial charge < -0.3 is 4.57 Å². The van der Waals surface area contributed by atoms with Crippen molar-refractivity contribution in [2.45, 2.75) is 27.3 Å². The molecule has 0 radical (unpaired) electrons. The third-order valence-electron chi connectivity index (χ3n) is 3.64. The van der Waals surface area contributed by atoms with Gasteiger partial charge in [0.15, 0.2) is 10.6 Å². The number of carbonyl (C=O) groups is 1. The fraction of sp³-hybridized carbons (Fsp3) is 0.235. The lowest BCUT2D eigenvalue weighted by molar-refractivity contribution is 0.102. The summed E-state index contributed by atoms with van der Waals surface area (Å²) >= 11 is 1.44. The molecule has 3 aromatic rings. The van der Waals surface area contributed by atoms with E-state index in [0.717, 1.165) is 33.3 Å². The normalized spacial score (nSPS) is 11.9. The second kappa shape index (κ2) is 6.34. The van der Waals surface area contributed by atoms with Gasteiger partial charge in [0.2, 0.25) is 0 Å². The van der Waals surface area contributed by atoms with Crippen molar-refractivity contribution in [2.75, 3.05) is 0 Å². The first-order valence-corrected chi connectivity index (χ1v) is 8.27. The summed E-state index contributed by atoms with van der Waals surface area (Å²) in [7, 11) is 0. The second-order valence-electron chi connectivity index (χ2n) is 5.18. The number of hydrogen-bond donors (Lipinski definition) is 0. The molecule has 0 unspecified atom stereocenters. The van der Waals surface area contributed by atoms with Gasteiger partial charge >= 0.3 is 0 Å². The molecule has 2 aromatic heterocycles. The van der Waals surface area contributed by atoms with Crippen LogP contribution in [0.4, 0.5) is 5.69 Å². The number of Topliss-reactive ketones (excluding diaryl/α,β-unsaturated/α-hetero) is 1. The van der Waals surface area contributed by atoms with E-state index in [0.29, 0.717) is 0 Å². The first kappa shape index (κ1) is 15.4. The highest BCUT2D eigenvalue weighted by molar-refractivity contribution is 7.11. The van der Waals surface area contributed by atoms with Crippen LogP contribution in [0.5, 0.6) is 0 Å². The lowest BCUT2D eigenvalue weighted by Crippen LogP contribution is -2.14. The summed E-state index contributed by atoms with van der Waals surface area (Å²) in [6, 6.07) is 9.77. The number of carbonyl (C=O) groups excluding carboxylic acids is 1. The fourth-order valence-electron chi connectivity index (χ4n) is 2.48. The predicted octanol–water partition coefficient (Wildman–Crippen LogP) is 3.50. The zero-order valence-electron chi connectivity index (χ0n) is 13.4. The molecule has 0 atom stereocenters. The largest absolute Gasteiger partial charge is 0.321 e. The molecular formula is C17H18N4OS. The number of hydrogen-bond acceptors (Lipinski definition) is 4. The van der Waals surface area contributed by atoms with Crippen LogP contribution in [0.3, 0.4) is 0 Å². The van der Waals surface area contributed by atoms with Crippen LogP contribution in [0.15, 0.2) is 47.7 Å². The van der Waals surface area contributed by atoms with E-state index >= 15 is 0 Å². The summed E-state index contributed by atoms with van der Waals surface area (Å²) in [5.41, 5.74) is 2.83. The van der Waals surface area contributed by atoms with E-state index < -0.39 is 0 Å². The maximum Gasteiger partial charge on any atom is 0.190 e. The van der Waals surface area contributed by atoms with Crippen molar-refractivity contribution in [3.63, 3.8) is 0 Å². The Morgan fingerprint density at radius 2 is 2.04 bits per heavy atom. The van der Waals surface area contributed by atoms with Crippen LogP contribution in [-0.2, 0) is 6.54 Å². The molecule has 3 rings (SSSR count). The molecule has 0 amide bonds. The first-order valence-electron chi connectivity index (χ1n) is 7.46. The summed E-state index contributed by atoms with van der Waals surface area (Å²) in [6.07, 6.45) is 3.65. The van der Waals surface area contributed by atoms with Crippen LogP contribution in [0, 0.1) is 6.92 Å². The van der Waals surface area contributed by atoms with Gasteiger partial charge in [-0.15, -0.1) is 0 Å². The Morgan fingerprint density at radius 1 is 1.30 bits per heavy atom. The first-order chi connectivity index (χ1) is 11.1. The minimum Gasteiger partial charge on any atom is -0.321 e. The van der Waals surface area contributed by atoms with E-state index in [1.807, 2.05) is 43.5 Å². The van der Waals surface area contributed by atoms with Crippen molar-refractivity contribution in [1.82, 2.24) is 14.3 Å². The zero-order valence-corrected chi connectivity index (χ0v) is 14.2. The maximum absolute atomic E-state index is 11.7. The molecule has 0 N–H and O–H groups in total. The Morgan fingerprint density at radius 3 is 2.61 bits per heavy atom. The maximum atomic E-state index is 11.7. The topological polar surface area (TPSA) is 52.2 Å². The van der Waals surface area contributed by atoms with E-state index in [9.17, 15) is 4.79 Å². The minimum atomic E-state index is 0.0881. The third-order valence-corrected chi connectivity index (χ3v) is 4.92. The zero-order chi connectivity index (χ0) is 16.4. The summed E-state index contributed by atoms with van der Waals surface area (Å²) in [4.78, 5) is 18.0. The van der Waals surface area contributed by atoms with Gasteiger partial charge in [0.05, 0.1) is 16.3 Å². The Hall–Kier alpha value is -2.47. The Bertz CT molecular complexity index is 886. The average molecular weight is 326 g/mol. The quantitative estimate of drug-likeness (QED) is 0.689. The van der Waals surface area contributed by atoms with Crippen LogP contribution in [-0.4, -0.2) is 20.1 Å². The molecule has 0 aliphatic heterocycles. The van der Waals surface area contributed by atoms with Gasteiger partial charge in [0.1, 0.15) is 0 Å². The third kappa shape index (κ3) is 3.03. The SMILES string of the molecule is CCn1c(C)c(C(C)=O)s/c1=N\c1ccc(-n2cccn2)cc1. The highest BCUT2D eigenvalue weighted by atomic mass is 32.1. The molecule has 0 fully saturated rings. The van der Waals surface area contributed by atoms with Crippen LogP contribution in [0.1, 0.15) is 29.2 Å². The number of nitrogens with zero attached hydrogens (tertiary/aromatic N) is 4. The minimum absolute atomic E-state index is 0.0881. The van der Waals surface area contributed by atoms with Gasteiger partial charge in [-0.2, -0.15) is 5.10 Å². The number of ketones is 1. The van der Waals surface area contributed by atoms with Gasteiger partial charge in [-0.05, 0) is 44.2 Å². The molecular weight excluding hydrogens is 308 g/mol. The van der Waals surface area contributed by atoms with E-state index in [-0.39, 0.29) is 5.78 Å². The lowest BCUT2D eigenvalue weighted by Gasteiger charge is -2.03. The predicted molar refractivity (Wildman–Crippen MR) is 91.5 cm³/mol. The summed E-state index contributed by atoms with van der Waals surface area (Å²) in [5.74, 6) is 0.0881. The van der Waals surface area contributed by atoms with Crippen LogP contribution < -0.4 is 4.80 Å². The van der Waals surface area contributed by atoms with Crippen LogP contribution in [0.2, 0.25) is 0 Å². The molecule has 0 aliphatic carbocycles. The summed E-state index contributed by atoms with van der Waals surface area (Å²) in [6.45, 7) is 6.42. The van der Waals surface area contributed by atoms with Crippen molar-refractivity contribution in [3.05, 3.63) is 58.1 Å². The van der Waals surface area contributed by atoms with Gasteiger partial charge in [-0.25, -0.2) is 9.67 Å². The Kier molecular flexibility index (Phi) is 4.25. The monoisotopic (exact) mass is 326 g/mol. The molecule has 0 saturated heterocycles. The molecule has 6 heteroatoms. The van der Waals surface area contributed by atoms with E-state index in [1.165, 1.54) is 11.3 Å². The fourth-order valence-corrected chi connectivity index (χ4v) is 3.59. The molecule has 0 saturated carbocycles. The number of thiazole rings is 1. The molecule has 23 heavy (non-hydrogen) atoms. The van der Waals surface area contributed by atoms with E-state index in [1.54, 1.807) is 17.8 Å². The smallest absolute Gasteiger partial charge is 0.190 e. The molecule has 0 aliphatic rings. The molecule has 118 valence electrons. The molecule has 0 spiro atoms. The van der Waals surface area contributed by atoms with Crippen LogP contribution >= 0.6 is 11.3 Å². The van der Waals surface area contributed by atoms with Crippen molar-refractivity contribution < 1.29 is 4.79 Å². The Labute approximate surface area is 138 Å². The van der Waals surface area contributed by atoms with Crippen molar-refractivity contribution in [1.29, 1.82) is 0 Å². The summed E-state index contributed by atoms with van der Waals surface area (Å²) in [5, 5.41) is 4.21. The molecule has 5 nitrogen and oxygen atoms in total. The Balaban J connectivity index is 2.02. The highest BCUT2D eigenvalue weighted by Gasteiger charge is 2.12. The van der Waals surface area contributed by atoms with Gasteiger partial charge in [-0.1, -0.05) is 11.3 Å². The van der Waals surface area contributed by atoms with Gasteiger partial charge in [0, 0.05) is 31.6 Å². The average Bonchev–Trinajstić information content (AvgIpc) is 3.16. The number of aromatic nitrogens is 3. The van der Waals surface area contributed by atoms with Crippen molar-refractivity contribution >= 4 is 22.8 Å². The van der Waals surface area contributed by atoms with Gasteiger partial charge in [0.25, 0.3) is 0 Å². The van der Waals surface area contributed by atoms with Crippen molar-refractivity contribution in [3.8, 4) is 5.69 Å². The van der Waals surface area contributed by atoms with E-state index in [2.05, 4.69) is 16.6 Å². The van der Waals surface area contributed by atoms with E-state index in [4.69, 9.17) is 4.99 Å². The number of rotatable bonds is 4. The molecule has 0 bridgehead atoms. The second-order valence-corrected chi connectivity index (χ2v) is 6.16. The molecule has 1 aromatic carbocycles. The lowest BCUT2D eigenvalue weighted by atomic mass is 10.3. The van der Waals surface area contributed by atoms with Gasteiger partial charge in [-0.3, -0.25) is 4.79 Å². The molecule has 2 heterocycles. The highest BCUT2D eigenvalue weighted by Crippen LogP contribution is 2.17. The number of benzene rings is 1. The van der Waals surface area contributed by atoms with Crippen LogP contribution in [0.25, 0.3) is 5.69 Å².